The third-order valence-electron chi connectivity index (χ3n) is 4.62. The highest BCUT2D eigenvalue weighted by Crippen LogP contribution is 2.22. The number of alkyl carbamates (subject to hydrolysis) is 1. The minimum atomic E-state index is -0.682. The van der Waals surface area contributed by atoms with E-state index in [2.05, 4.69) is 5.32 Å². The fraction of sp³-hybridized carbons (Fsp3) is 0.120. The summed E-state index contributed by atoms with van der Waals surface area (Å²) >= 11 is 0. The van der Waals surface area contributed by atoms with E-state index in [0.29, 0.717) is 11.1 Å². The summed E-state index contributed by atoms with van der Waals surface area (Å²) in [6.07, 6.45) is -0.783. The van der Waals surface area contributed by atoms with Gasteiger partial charge in [-0.15, -0.1) is 0 Å². The van der Waals surface area contributed by atoms with Crippen LogP contribution in [-0.2, 0) is 16.1 Å². The van der Waals surface area contributed by atoms with Gasteiger partial charge in [-0.2, -0.15) is 0 Å². The lowest BCUT2D eigenvalue weighted by Crippen LogP contribution is -2.27. The zero-order valence-corrected chi connectivity index (χ0v) is 17.7. The lowest BCUT2D eigenvalue weighted by Gasteiger charge is -2.10. The van der Waals surface area contributed by atoms with Crippen molar-refractivity contribution in [1.29, 1.82) is 5.41 Å². The maximum Gasteiger partial charge on any atom is 0.407 e. The van der Waals surface area contributed by atoms with Crippen molar-refractivity contribution in [3.63, 3.8) is 0 Å². The number of ketones is 1. The fourth-order valence-corrected chi connectivity index (χ4v) is 2.91. The predicted molar refractivity (Wildman–Crippen MR) is 122 cm³/mol. The van der Waals surface area contributed by atoms with Gasteiger partial charge in [-0.05, 0) is 17.7 Å². The second-order valence-electron chi connectivity index (χ2n) is 7.03. The molecule has 8 nitrogen and oxygen atoms in total. The molecule has 0 spiro atoms. The minimum absolute atomic E-state index is 0.00966. The smallest absolute Gasteiger partial charge is 0.407 e. The molecule has 0 radical (unpaired) electrons. The summed E-state index contributed by atoms with van der Waals surface area (Å²) in [4.78, 5) is 36.8. The topological polar surface area (TPSA) is 132 Å². The third kappa shape index (κ3) is 6.76. The van der Waals surface area contributed by atoms with Crippen LogP contribution in [0.3, 0.4) is 0 Å². The molecule has 168 valence electrons. The number of para-hydroxylation sites is 1. The first kappa shape index (κ1) is 23.2. The standard InChI is InChI=1S/C25H23N3O5/c26-24(27)19-12-10-17(11-13-19)16-32-25(31)28-15-14-22(29)33-21-9-5-4-8-20(21)23(30)18-6-2-1-3-7-18/h1-13H,14-16H2,(H3,26,27)(H,28,31). The van der Waals surface area contributed by atoms with Crippen molar-refractivity contribution in [1.82, 2.24) is 5.32 Å². The number of carbonyl (C=O) groups excluding carboxylic acids is 3. The Balaban J connectivity index is 1.45. The minimum Gasteiger partial charge on any atom is -0.445 e. The van der Waals surface area contributed by atoms with Gasteiger partial charge in [0, 0.05) is 17.7 Å². The summed E-state index contributed by atoms with van der Waals surface area (Å²) in [5.41, 5.74) is 7.47. The van der Waals surface area contributed by atoms with E-state index in [1.807, 2.05) is 6.07 Å². The SMILES string of the molecule is N=C(N)c1ccc(COC(=O)NCCC(=O)Oc2ccccc2C(=O)c2ccccc2)cc1. The largest absolute Gasteiger partial charge is 0.445 e. The van der Waals surface area contributed by atoms with Crippen LogP contribution in [0.2, 0.25) is 0 Å². The molecule has 0 bridgehead atoms. The molecule has 33 heavy (non-hydrogen) atoms. The van der Waals surface area contributed by atoms with E-state index >= 15 is 0 Å². The van der Waals surface area contributed by atoms with Crippen LogP contribution in [0.1, 0.15) is 33.5 Å². The van der Waals surface area contributed by atoms with Gasteiger partial charge in [0.2, 0.25) is 0 Å². The quantitative estimate of drug-likeness (QED) is 0.152. The van der Waals surface area contributed by atoms with Crippen LogP contribution in [-0.4, -0.2) is 30.2 Å². The van der Waals surface area contributed by atoms with Crippen molar-refractivity contribution in [3.8, 4) is 5.75 Å². The van der Waals surface area contributed by atoms with Crippen LogP contribution < -0.4 is 15.8 Å². The summed E-state index contributed by atoms with van der Waals surface area (Å²) in [7, 11) is 0. The Bertz CT molecular complexity index is 1140. The number of amides is 1. The van der Waals surface area contributed by atoms with Gasteiger partial charge in [-0.25, -0.2) is 4.79 Å². The van der Waals surface area contributed by atoms with Crippen molar-refractivity contribution < 1.29 is 23.9 Å². The summed E-state index contributed by atoms with van der Waals surface area (Å²) in [6, 6.07) is 21.9. The lowest BCUT2D eigenvalue weighted by atomic mass is 10.0. The molecule has 0 aliphatic rings. The molecule has 0 saturated carbocycles. The van der Waals surface area contributed by atoms with Gasteiger partial charge in [-0.1, -0.05) is 66.7 Å². The van der Waals surface area contributed by atoms with Gasteiger partial charge < -0.3 is 20.5 Å². The fourth-order valence-electron chi connectivity index (χ4n) is 2.91. The molecule has 3 aromatic rings. The summed E-state index contributed by atoms with van der Waals surface area (Å²) < 4.78 is 10.4. The van der Waals surface area contributed by atoms with Gasteiger partial charge in [-0.3, -0.25) is 15.0 Å². The molecule has 0 heterocycles. The first-order valence-corrected chi connectivity index (χ1v) is 10.2. The van der Waals surface area contributed by atoms with Gasteiger partial charge in [0.05, 0.1) is 12.0 Å². The Morgan fingerprint density at radius 3 is 2.21 bits per heavy atom. The number of nitrogen functional groups attached to an aromatic ring is 1. The Labute approximate surface area is 190 Å². The molecule has 0 aliphatic heterocycles. The zero-order valence-electron chi connectivity index (χ0n) is 17.7. The molecule has 0 atom stereocenters. The van der Waals surface area contributed by atoms with Crippen molar-refractivity contribution in [2.75, 3.05) is 6.54 Å². The van der Waals surface area contributed by atoms with E-state index < -0.39 is 12.1 Å². The van der Waals surface area contributed by atoms with E-state index in [-0.39, 0.29) is 42.5 Å². The van der Waals surface area contributed by atoms with E-state index in [9.17, 15) is 14.4 Å². The van der Waals surface area contributed by atoms with Gasteiger partial charge >= 0.3 is 12.1 Å². The van der Waals surface area contributed by atoms with Crippen LogP contribution in [0.15, 0.2) is 78.9 Å². The van der Waals surface area contributed by atoms with Gasteiger partial charge in [0.15, 0.2) is 5.78 Å². The first-order chi connectivity index (χ1) is 15.9. The summed E-state index contributed by atoms with van der Waals surface area (Å²) in [5.74, 6) is -0.729. The van der Waals surface area contributed by atoms with Crippen molar-refractivity contribution in [2.24, 2.45) is 5.73 Å². The number of benzene rings is 3. The first-order valence-electron chi connectivity index (χ1n) is 10.2. The molecule has 0 aliphatic carbocycles. The van der Waals surface area contributed by atoms with Gasteiger partial charge in [0.25, 0.3) is 0 Å². The highest BCUT2D eigenvalue weighted by atomic mass is 16.5. The highest BCUT2D eigenvalue weighted by Gasteiger charge is 2.16. The van der Waals surface area contributed by atoms with Crippen LogP contribution in [0.25, 0.3) is 0 Å². The van der Waals surface area contributed by atoms with E-state index in [1.165, 1.54) is 0 Å². The number of amidine groups is 1. The lowest BCUT2D eigenvalue weighted by molar-refractivity contribution is -0.134. The monoisotopic (exact) mass is 445 g/mol. The number of hydrogen-bond donors (Lipinski definition) is 3. The Kier molecular flexibility index (Phi) is 7.91. The number of ether oxygens (including phenoxy) is 2. The van der Waals surface area contributed by atoms with Crippen LogP contribution in [0.4, 0.5) is 4.79 Å². The van der Waals surface area contributed by atoms with Crippen molar-refractivity contribution in [3.05, 3.63) is 101 Å². The Hall–Kier alpha value is -4.46. The normalized spacial score (nSPS) is 10.2. The van der Waals surface area contributed by atoms with Crippen molar-refractivity contribution >= 4 is 23.7 Å². The predicted octanol–water partition coefficient (Wildman–Crippen LogP) is 3.42. The average Bonchev–Trinajstić information content (AvgIpc) is 2.83. The van der Waals surface area contributed by atoms with E-state index in [0.717, 1.165) is 5.56 Å². The molecule has 0 aromatic heterocycles. The molecule has 8 heteroatoms. The maximum absolute atomic E-state index is 12.7. The number of carbonyl (C=O) groups is 3. The average molecular weight is 445 g/mol. The molecular formula is C25H23N3O5. The Morgan fingerprint density at radius 2 is 1.52 bits per heavy atom. The Morgan fingerprint density at radius 1 is 0.848 bits per heavy atom. The maximum atomic E-state index is 12.7. The molecule has 0 unspecified atom stereocenters. The molecular weight excluding hydrogens is 422 g/mol. The highest BCUT2D eigenvalue weighted by molar-refractivity contribution is 6.11. The van der Waals surface area contributed by atoms with E-state index in [1.54, 1.807) is 72.8 Å². The second-order valence-corrected chi connectivity index (χ2v) is 7.03. The second kappa shape index (κ2) is 11.2. The van der Waals surface area contributed by atoms with Gasteiger partial charge in [0.1, 0.15) is 18.2 Å². The van der Waals surface area contributed by atoms with Crippen LogP contribution in [0.5, 0.6) is 5.75 Å². The zero-order chi connectivity index (χ0) is 23.6. The molecule has 1 amide bonds. The number of nitrogens with one attached hydrogen (secondary N) is 2. The molecule has 0 saturated heterocycles. The number of rotatable bonds is 9. The van der Waals surface area contributed by atoms with Crippen LogP contribution in [0, 0.1) is 5.41 Å². The third-order valence-corrected chi connectivity index (χ3v) is 4.62. The summed E-state index contributed by atoms with van der Waals surface area (Å²) in [5, 5.41) is 9.84. The van der Waals surface area contributed by atoms with Crippen molar-refractivity contribution in [2.45, 2.75) is 13.0 Å². The number of esters is 1. The number of nitrogens with two attached hydrogens (primary N) is 1. The molecule has 3 rings (SSSR count). The summed E-state index contributed by atoms with van der Waals surface area (Å²) in [6.45, 7) is 0.0409. The van der Waals surface area contributed by atoms with Crippen LogP contribution >= 0.6 is 0 Å². The molecule has 0 fully saturated rings. The molecule has 3 aromatic carbocycles. The number of hydrogen-bond acceptors (Lipinski definition) is 6. The van der Waals surface area contributed by atoms with E-state index in [4.69, 9.17) is 20.6 Å². The molecule has 4 N–H and O–H groups in total.